The molecule has 0 bridgehead atoms. The molecule has 0 spiro atoms. The van der Waals surface area contributed by atoms with Crippen molar-refractivity contribution in [2.75, 3.05) is 20.8 Å². The summed E-state index contributed by atoms with van der Waals surface area (Å²) in [5.41, 5.74) is 1.79. The van der Waals surface area contributed by atoms with Crippen LogP contribution in [0.15, 0.2) is 42.7 Å². The Morgan fingerprint density at radius 3 is 2.35 bits per heavy atom. The second kappa shape index (κ2) is 9.41. The zero-order chi connectivity index (χ0) is 18.9. The minimum Gasteiger partial charge on any atom is -0.493 e. The Bertz CT molecular complexity index is 750. The lowest BCUT2D eigenvalue weighted by Gasteiger charge is -2.20. The van der Waals surface area contributed by atoms with Crippen molar-refractivity contribution in [1.29, 1.82) is 0 Å². The molecule has 26 heavy (non-hydrogen) atoms. The number of carbonyl (C=O) groups is 2. The Hall–Kier alpha value is -3.09. The first kappa shape index (κ1) is 19.2. The normalized spacial score (nSPS) is 10.1. The van der Waals surface area contributed by atoms with Gasteiger partial charge in [0.05, 0.1) is 20.8 Å². The van der Waals surface area contributed by atoms with E-state index in [1.165, 1.54) is 11.8 Å². The molecular formula is C19H23N3O4. The first-order chi connectivity index (χ1) is 12.5. The van der Waals surface area contributed by atoms with E-state index in [1.807, 2.05) is 18.2 Å². The van der Waals surface area contributed by atoms with E-state index in [0.717, 1.165) is 11.1 Å². The molecule has 0 radical (unpaired) electrons. The zero-order valence-electron chi connectivity index (χ0n) is 15.2. The molecular weight excluding hydrogens is 334 g/mol. The van der Waals surface area contributed by atoms with E-state index < -0.39 is 0 Å². The van der Waals surface area contributed by atoms with E-state index >= 15 is 0 Å². The summed E-state index contributed by atoms with van der Waals surface area (Å²) in [6, 6.07) is 9.07. The molecule has 1 aromatic carbocycles. The third kappa shape index (κ3) is 5.47. The van der Waals surface area contributed by atoms with Crippen molar-refractivity contribution in [1.82, 2.24) is 15.2 Å². The number of methoxy groups -OCH3 is 2. The van der Waals surface area contributed by atoms with E-state index in [1.54, 1.807) is 38.7 Å². The van der Waals surface area contributed by atoms with Crippen LogP contribution < -0.4 is 14.8 Å². The number of benzene rings is 1. The van der Waals surface area contributed by atoms with Gasteiger partial charge in [0.15, 0.2) is 11.5 Å². The van der Waals surface area contributed by atoms with Crippen LogP contribution in [0.3, 0.4) is 0 Å². The Morgan fingerprint density at radius 2 is 1.73 bits per heavy atom. The van der Waals surface area contributed by atoms with Gasteiger partial charge < -0.3 is 19.7 Å². The lowest BCUT2D eigenvalue weighted by molar-refractivity contribution is -0.135. The van der Waals surface area contributed by atoms with Crippen molar-refractivity contribution in [3.63, 3.8) is 0 Å². The Kier molecular flexibility index (Phi) is 6.96. The Labute approximate surface area is 152 Å². The first-order valence-electron chi connectivity index (χ1n) is 8.15. The average molecular weight is 357 g/mol. The average Bonchev–Trinajstić information content (AvgIpc) is 2.66. The maximum Gasteiger partial charge on any atom is 0.239 e. The van der Waals surface area contributed by atoms with Gasteiger partial charge >= 0.3 is 0 Å². The molecule has 138 valence electrons. The number of nitrogens with zero attached hydrogens (tertiary/aromatic N) is 2. The van der Waals surface area contributed by atoms with Crippen LogP contribution in [0.5, 0.6) is 11.5 Å². The van der Waals surface area contributed by atoms with E-state index in [9.17, 15) is 9.59 Å². The molecule has 0 fully saturated rings. The van der Waals surface area contributed by atoms with Gasteiger partial charge in [0.1, 0.15) is 0 Å². The summed E-state index contributed by atoms with van der Waals surface area (Å²) in [6.45, 7) is 2.13. The van der Waals surface area contributed by atoms with Crippen LogP contribution in [0, 0.1) is 0 Å². The van der Waals surface area contributed by atoms with Crippen LogP contribution in [0.4, 0.5) is 0 Å². The monoisotopic (exact) mass is 357 g/mol. The Balaban J connectivity index is 1.93. The number of hydrogen-bond acceptors (Lipinski definition) is 5. The van der Waals surface area contributed by atoms with Crippen molar-refractivity contribution >= 4 is 11.8 Å². The van der Waals surface area contributed by atoms with Crippen LogP contribution in [0.2, 0.25) is 0 Å². The fourth-order valence-corrected chi connectivity index (χ4v) is 2.41. The van der Waals surface area contributed by atoms with Gasteiger partial charge in [-0.1, -0.05) is 6.07 Å². The molecule has 0 atom stereocenters. The van der Waals surface area contributed by atoms with Gasteiger partial charge in [0, 0.05) is 32.4 Å². The molecule has 2 aromatic rings. The molecule has 7 nitrogen and oxygen atoms in total. The fraction of sp³-hybridized carbons (Fsp3) is 0.316. The highest BCUT2D eigenvalue weighted by atomic mass is 16.5. The molecule has 2 rings (SSSR count). The SMILES string of the molecule is COc1ccc(CNC(=O)CN(Cc2ccncc2)C(C)=O)cc1OC. The van der Waals surface area contributed by atoms with Crippen LogP contribution >= 0.6 is 0 Å². The van der Waals surface area contributed by atoms with Crippen molar-refractivity contribution in [3.05, 3.63) is 53.9 Å². The third-order valence-corrected chi connectivity index (χ3v) is 3.84. The molecule has 1 N–H and O–H groups in total. The molecule has 0 unspecified atom stereocenters. The number of hydrogen-bond donors (Lipinski definition) is 1. The number of nitrogens with one attached hydrogen (secondary N) is 1. The quantitative estimate of drug-likeness (QED) is 0.779. The van der Waals surface area contributed by atoms with Gasteiger partial charge in [-0.25, -0.2) is 0 Å². The van der Waals surface area contributed by atoms with E-state index in [-0.39, 0.29) is 18.4 Å². The standard InChI is InChI=1S/C19H23N3O4/c1-14(23)22(12-15-6-8-20-9-7-15)13-19(24)21-11-16-4-5-17(25-2)18(10-16)26-3/h4-10H,11-13H2,1-3H3,(H,21,24). The minimum atomic E-state index is -0.232. The molecule has 1 aromatic heterocycles. The molecule has 0 aliphatic carbocycles. The van der Waals surface area contributed by atoms with Gasteiger partial charge in [-0.3, -0.25) is 14.6 Å². The van der Waals surface area contributed by atoms with E-state index in [4.69, 9.17) is 9.47 Å². The maximum atomic E-state index is 12.2. The predicted molar refractivity (Wildman–Crippen MR) is 96.7 cm³/mol. The Morgan fingerprint density at radius 1 is 1.04 bits per heavy atom. The van der Waals surface area contributed by atoms with Gasteiger partial charge in [0.25, 0.3) is 0 Å². The van der Waals surface area contributed by atoms with Crippen molar-refractivity contribution < 1.29 is 19.1 Å². The van der Waals surface area contributed by atoms with Gasteiger partial charge in [0.2, 0.25) is 11.8 Å². The van der Waals surface area contributed by atoms with Gasteiger partial charge in [-0.05, 0) is 35.4 Å². The number of ether oxygens (including phenoxy) is 2. The fourth-order valence-electron chi connectivity index (χ4n) is 2.41. The van der Waals surface area contributed by atoms with Crippen molar-refractivity contribution in [2.24, 2.45) is 0 Å². The van der Waals surface area contributed by atoms with Crippen LogP contribution in [-0.2, 0) is 22.7 Å². The smallest absolute Gasteiger partial charge is 0.239 e. The predicted octanol–water partition coefficient (Wildman–Crippen LogP) is 1.76. The van der Waals surface area contributed by atoms with E-state index in [0.29, 0.717) is 24.6 Å². The van der Waals surface area contributed by atoms with Gasteiger partial charge in [-0.2, -0.15) is 0 Å². The van der Waals surface area contributed by atoms with Crippen LogP contribution in [-0.4, -0.2) is 42.5 Å². The maximum absolute atomic E-state index is 12.2. The second-order valence-electron chi connectivity index (χ2n) is 5.70. The zero-order valence-corrected chi connectivity index (χ0v) is 15.2. The highest BCUT2D eigenvalue weighted by Gasteiger charge is 2.14. The summed E-state index contributed by atoms with van der Waals surface area (Å²) >= 11 is 0. The molecule has 1 heterocycles. The lowest BCUT2D eigenvalue weighted by atomic mass is 10.2. The summed E-state index contributed by atoms with van der Waals surface area (Å²) < 4.78 is 10.4. The highest BCUT2D eigenvalue weighted by Crippen LogP contribution is 2.27. The number of carbonyl (C=O) groups excluding carboxylic acids is 2. The topological polar surface area (TPSA) is 80.8 Å². The van der Waals surface area contributed by atoms with Crippen molar-refractivity contribution in [3.8, 4) is 11.5 Å². The summed E-state index contributed by atoms with van der Waals surface area (Å²) in [7, 11) is 3.13. The second-order valence-corrected chi connectivity index (χ2v) is 5.70. The summed E-state index contributed by atoms with van der Waals surface area (Å²) in [4.78, 5) is 29.5. The lowest BCUT2D eigenvalue weighted by Crippen LogP contribution is -2.39. The van der Waals surface area contributed by atoms with E-state index in [2.05, 4.69) is 10.3 Å². The molecule has 7 heteroatoms. The number of pyridine rings is 1. The molecule has 0 aliphatic rings. The molecule has 0 saturated carbocycles. The molecule has 2 amide bonds. The molecule has 0 aliphatic heterocycles. The van der Waals surface area contributed by atoms with Crippen molar-refractivity contribution in [2.45, 2.75) is 20.0 Å². The van der Waals surface area contributed by atoms with Crippen LogP contribution in [0.1, 0.15) is 18.1 Å². The summed E-state index contributed by atoms with van der Waals surface area (Å²) in [5.74, 6) is 0.831. The van der Waals surface area contributed by atoms with Gasteiger partial charge in [-0.15, -0.1) is 0 Å². The van der Waals surface area contributed by atoms with Crippen LogP contribution in [0.25, 0.3) is 0 Å². The third-order valence-electron chi connectivity index (χ3n) is 3.84. The highest BCUT2D eigenvalue weighted by molar-refractivity contribution is 5.83. The molecule has 0 saturated heterocycles. The largest absolute Gasteiger partial charge is 0.493 e. The summed E-state index contributed by atoms with van der Waals surface area (Å²) in [5, 5.41) is 2.82. The summed E-state index contributed by atoms with van der Waals surface area (Å²) in [6.07, 6.45) is 3.32. The first-order valence-corrected chi connectivity index (χ1v) is 8.15. The minimum absolute atomic E-state index is 0.00898. The number of aromatic nitrogens is 1. The number of amides is 2. The number of rotatable bonds is 8.